The van der Waals surface area contributed by atoms with Crippen LogP contribution in [0.25, 0.3) is 0 Å². The van der Waals surface area contributed by atoms with Crippen molar-refractivity contribution in [1.29, 1.82) is 0 Å². The molecule has 0 radical (unpaired) electrons. The van der Waals surface area contributed by atoms with Gasteiger partial charge in [-0.3, -0.25) is 4.79 Å². The molecule has 0 aliphatic rings. The number of rotatable bonds is 4. The molecule has 7 heteroatoms. The van der Waals surface area contributed by atoms with Gasteiger partial charge >= 0.3 is 12.0 Å². The zero-order valence-corrected chi connectivity index (χ0v) is 12.7. The summed E-state index contributed by atoms with van der Waals surface area (Å²) in [7, 11) is 0. The lowest BCUT2D eigenvalue weighted by atomic mass is 9.85. The smallest absolute Gasteiger partial charge is 0.408 e. The number of ether oxygens (including phenoxy) is 1. The van der Waals surface area contributed by atoms with Crippen molar-refractivity contribution >= 4 is 12.4 Å². The van der Waals surface area contributed by atoms with Crippen LogP contribution in [-0.2, 0) is 15.1 Å². The topological polar surface area (TPSA) is 55.4 Å². The van der Waals surface area contributed by atoms with Gasteiger partial charge in [0, 0.05) is 5.56 Å². The van der Waals surface area contributed by atoms with Gasteiger partial charge in [0.1, 0.15) is 17.0 Å². The van der Waals surface area contributed by atoms with E-state index in [1.54, 1.807) is 20.8 Å². The van der Waals surface area contributed by atoms with Crippen molar-refractivity contribution in [3.63, 3.8) is 0 Å². The average molecular weight is 317 g/mol. The molecule has 1 atom stereocenters. The Morgan fingerprint density at radius 3 is 2.18 bits per heavy atom. The lowest BCUT2D eigenvalue weighted by Crippen LogP contribution is -2.57. The maximum Gasteiger partial charge on any atom is 0.408 e. The number of alkyl halides is 2. The quantitative estimate of drug-likeness (QED) is 0.866. The third kappa shape index (κ3) is 3.78. The van der Waals surface area contributed by atoms with E-state index in [-0.39, 0.29) is 0 Å². The number of hydrogen-bond donors (Lipinski definition) is 1. The van der Waals surface area contributed by atoms with Crippen LogP contribution < -0.4 is 5.32 Å². The summed E-state index contributed by atoms with van der Waals surface area (Å²) in [4.78, 5) is 22.6. The highest BCUT2D eigenvalue weighted by atomic mass is 19.3. The largest absolute Gasteiger partial charge is 0.444 e. The van der Waals surface area contributed by atoms with Crippen LogP contribution in [0.2, 0.25) is 0 Å². The number of benzene rings is 1. The van der Waals surface area contributed by atoms with E-state index >= 15 is 0 Å². The molecule has 0 aliphatic carbocycles. The van der Waals surface area contributed by atoms with E-state index in [0.29, 0.717) is 0 Å². The summed E-state index contributed by atoms with van der Waals surface area (Å²) in [5.74, 6) is -5.01. The van der Waals surface area contributed by atoms with E-state index in [4.69, 9.17) is 4.74 Å². The van der Waals surface area contributed by atoms with Crippen molar-refractivity contribution in [2.24, 2.45) is 0 Å². The number of aldehydes is 1. The minimum Gasteiger partial charge on any atom is -0.444 e. The standard InChI is InChI=1S/C15H18F3NO3/c1-13(2,3)22-12(21)19-14(4,15(17,18)9-20)10-7-5-6-8-11(10)16/h5-9H,1-4H3,(H,19,21)/t14-/m1/s1. The molecule has 1 aromatic carbocycles. The summed E-state index contributed by atoms with van der Waals surface area (Å²) in [6, 6.07) is 4.68. The zero-order valence-electron chi connectivity index (χ0n) is 12.7. The monoisotopic (exact) mass is 317 g/mol. The first-order chi connectivity index (χ1) is 9.93. The number of nitrogens with one attached hydrogen (secondary N) is 1. The SMILES string of the molecule is CC(C)(C)OC(=O)N[C@](C)(c1ccccc1F)C(F)(F)C=O. The molecule has 0 unspecified atom stereocenters. The Labute approximate surface area is 126 Å². The molecule has 1 rings (SSSR count). The fraction of sp³-hybridized carbons (Fsp3) is 0.467. The van der Waals surface area contributed by atoms with E-state index < -0.39 is 40.8 Å². The first kappa shape index (κ1) is 18.0. The van der Waals surface area contributed by atoms with E-state index in [1.807, 2.05) is 5.32 Å². The highest BCUT2D eigenvalue weighted by Gasteiger charge is 2.54. The van der Waals surface area contributed by atoms with Crippen LogP contribution in [0.5, 0.6) is 0 Å². The Morgan fingerprint density at radius 1 is 1.18 bits per heavy atom. The number of hydrogen-bond acceptors (Lipinski definition) is 3. The summed E-state index contributed by atoms with van der Waals surface area (Å²) in [5.41, 5.74) is -4.03. The van der Waals surface area contributed by atoms with Gasteiger partial charge in [0.2, 0.25) is 0 Å². The van der Waals surface area contributed by atoms with Gasteiger partial charge in [-0.15, -0.1) is 0 Å². The van der Waals surface area contributed by atoms with Gasteiger partial charge in [-0.1, -0.05) is 18.2 Å². The van der Waals surface area contributed by atoms with Crippen molar-refractivity contribution in [2.75, 3.05) is 0 Å². The van der Waals surface area contributed by atoms with Gasteiger partial charge in [-0.05, 0) is 33.8 Å². The van der Waals surface area contributed by atoms with Crippen LogP contribution >= 0.6 is 0 Å². The molecule has 0 fully saturated rings. The molecule has 0 saturated carbocycles. The van der Waals surface area contributed by atoms with Gasteiger partial charge in [0.25, 0.3) is 0 Å². The predicted molar refractivity (Wildman–Crippen MR) is 74.1 cm³/mol. The van der Waals surface area contributed by atoms with E-state index in [2.05, 4.69) is 0 Å². The maximum absolute atomic E-state index is 14.1. The number of halogens is 3. The zero-order chi connectivity index (χ0) is 17.2. The molecular weight excluding hydrogens is 299 g/mol. The Hall–Kier alpha value is -2.05. The Kier molecular flexibility index (Phi) is 4.89. The molecule has 0 spiro atoms. The molecular formula is C15H18F3NO3. The fourth-order valence-corrected chi connectivity index (χ4v) is 1.82. The molecule has 0 aromatic heterocycles. The molecule has 22 heavy (non-hydrogen) atoms. The van der Waals surface area contributed by atoms with Crippen molar-refractivity contribution in [3.8, 4) is 0 Å². The lowest BCUT2D eigenvalue weighted by Gasteiger charge is -2.36. The third-order valence-corrected chi connectivity index (χ3v) is 2.98. The number of carbonyl (C=O) groups is 2. The normalized spacial score (nSPS) is 14.9. The first-order valence-corrected chi connectivity index (χ1v) is 6.53. The van der Waals surface area contributed by atoms with E-state index in [9.17, 15) is 22.8 Å². The van der Waals surface area contributed by atoms with Crippen LogP contribution in [0.1, 0.15) is 33.3 Å². The summed E-state index contributed by atoms with van der Waals surface area (Å²) in [6.07, 6.45) is -1.81. The van der Waals surface area contributed by atoms with E-state index in [1.165, 1.54) is 12.1 Å². The van der Waals surface area contributed by atoms with Crippen LogP contribution in [0.4, 0.5) is 18.0 Å². The molecule has 122 valence electrons. The number of amides is 1. The number of carbonyl (C=O) groups excluding carboxylic acids is 2. The molecule has 0 aliphatic heterocycles. The maximum atomic E-state index is 14.1. The highest BCUT2D eigenvalue weighted by Crippen LogP contribution is 2.37. The molecule has 0 saturated heterocycles. The summed E-state index contributed by atoms with van der Waals surface area (Å²) in [6.45, 7) is 5.50. The summed E-state index contributed by atoms with van der Waals surface area (Å²) >= 11 is 0. The van der Waals surface area contributed by atoms with Crippen molar-refractivity contribution in [2.45, 2.75) is 44.8 Å². The van der Waals surface area contributed by atoms with Crippen molar-refractivity contribution < 1.29 is 27.5 Å². The highest BCUT2D eigenvalue weighted by molar-refractivity contribution is 5.73. The Morgan fingerprint density at radius 2 is 1.73 bits per heavy atom. The fourth-order valence-electron chi connectivity index (χ4n) is 1.82. The Balaban J connectivity index is 3.29. The molecule has 4 nitrogen and oxygen atoms in total. The van der Waals surface area contributed by atoms with Gasteiger partial charge in [0.15, 0.2) is 6.29 Å². The van der Waals surface area contributed by atoms with Gasteiger partial charge in [0.05, 0.1) is 0 Å². The minimum atomic E-state index is -4.04. The predicted octanol–water partition coefficient (Wildman–Crippen LogP) is 3.40. The Bertz CT molecular complexity index is 569. The van der Waals surface area contributed by atoms with Crippen molar-refractivity contribution in [3.05, 3.63) is 35.6 Å². The van der Waals surface area contributed by atoms with E-state index in [0.717, 1.165) is 19.1 Å². The van der Waals surface area contributed by atoms with Gasteiger partial charge in [-0.2, -0.15) is 8.78 Å². The van der Waals surface area contributed by atoms with Crippen molar-refractivity contribution in [1.82, 2.24) is 5.32 Å². The summed E-state index contributed by atoms with van der Waals surface area (Å²) < 4.78 is 46.9. The molecule has 0 bridgehead atoms. The van der Waals surface area contributed by atoms with Crippen LogP contribution in [-0.4, -0.2) is 23.9 Å². The van der Waals surface area contributed by atoms with Crippen LogP contribution in [0.3, 0.4) is 0 Å². The molecule has 1 amide bonds. The second-order valence-electron chi connectivity index (χ2n) is 5.97. The second kappa shape index (κ2) is 5.98. The summed E-state index contributed by atoms with van der Waals surface area (Å²) in [5, 5.41) is 1.92. The second-order valence-corrected chi connectivity index (χ2v) is 5.97. The van der Waals surface area contributed by atoms with Gasteiger partial charge in [-0.25, -0.2) is 9.18 Å². The lowest BCUT2D eigenvalue weighted by molar-refractivity contribution is -0.142. The third-order valence-electron chi connectivity index (χ3n) is 2.98. The molecule has 1 aromatic rings. The van der Waals surface area contributed by atoms with Gasteiger partial charge < -0.3 is 10.1 Å². The van der Waals surface area contributed by atoms with Crippen LogP contribution in [0, 0.1) is 5.82 Å². The minimum absolute atomic E-state index is 0.516. The molecule has 1 N–H and O–H groups in total. The first-order valence-electron chi connectivity index (χ1n) is 6.53. The van der Waals surface area contributed by atoms with Crippen LogP contribution in [0.15, 0.2) is 24.3 Å². The molecule has 0 heterocycles. The number of alkyl carbamates (subject to hydrolysis) is 1. The average Bonchev–Trinajstić information content (AvgIpc) is 2.36.